The van der Waals surface area contributed by atoms with Crippen LogP contribution in [0.5, 0.6) is 0 Å². The summed E-state index contributed by atoms with van der Waals surface area (Å²) in [4.78, 5) is 13.4. The van der Waals surface area contributed by atoms with Crippen molar-refractivity contribution >= 4 is 11.3 Å². The van der Waals surface area contributed by atoms with E-state index in [2.05, 4.69) is 21.0 Å². The van der Waals surface area contributed by atoms with E-state index in [-0.39, 0.29) is 5.41 Å². The van der Waals surface area contributed by atoms with Gasteiger partial charge in [0.2, 0.25) is 0 Å². The Balaban J connectivity index is 2.54. The monoisotopic (exact) mass is 244 g/mol. The van der Waals surface area contributed by atoms with Gasteiger partial charge in [0, 0.05) is 17.8 Å². The molecule has 0 N–H and O–H groups in total. The minimum atomic E-state index is -0.137. The largest absolute Gasteiger partial charge is 0.261 e. The number of hydrogen-bond donors (Lipinski definition) is 0. The number of nitrogens with zero attached hydrogens (tertiary/aromatic N) is 4. The van der Waals surface area contributed by atoms with Crippen LogP contribution in [0.25, 0.3) is 10.7 Å². The average molecular weight is 244 g/mol. The van der Waals surface area contributed by atoms with E-state index in [1.165, 1.54) is 11.3 Å². The highest BCUT2D eigenvalue weighted by Crippen LogP contribution is 2.32. The fourth-order valence-electron chi connectivity index (χ4n) is 1.42. The van der Waals surface area contributed by atoms with Crippen LogP contribution in [0, 0.1) is 11.3 Å². The third kappa shape index (κ3) is 2.32. The van der Waals surface area contributed by atoms with Crippen molar-refractivity contribution in [1.82, 2.24) is 15.0 Å². The van der Waals surface area contributed by atoms with Gasteiger partial charge >= 0.3 is 0 Å². The lowest BCUT2D eigenvalue weighted by atomic mass is 9.91. The second-order valence-corrected chi connectivity index (χ2v) is 5.65. The third-order valence-corrected chi connectivity index (χ3v) is 3.20. The SMILES string of the molecule is CC(C)(C)c1nc(-c2cnccn2)sc1C#N. The molecule has 0 fully saturated rings. The normalized spacial score (nSPS) is 11.2. The summed E-state index contributed by atoms with van der Waals surface area (Å²) in [6.45, 7) is 6.13. The minimum absolute atomic E-state index is 0.137. The Bertz CT molecular complexity index is 560. The maximum Gasteiger partial charge on any atom is 0.145 e. The lowest BCUT2D eigenvalue weighted by molar-refractivity contribution is 0.572. The van der Waals surface area contributed by atoms with Crippen LogP contribution in [0.2, 0.25) is 0 Å². The van der Waals surface area contributed by atoms with Gasteiger partial charge in [0.05, 0.1) is 11.9 Å². The van der Waals surface area contributed by atoms with Crippen molar-refractivity contribution in [3.05, 3.63) is 29.2 Å². The van der Waals surface area contributed by atoms with Gasteiger partial charge in [-0.2, -0.15) is 5.26 Å². The molecule has 0 atom stereocenters. The molecule has 2 heterocycles. The highest BCUT2D eigenvalue weighted by atomic mass is 32.1. The molecule has 0 aromatic carbocycles. The molecule has 2 aromatic rings. The quantitative estimate of drug-likeness (QED) is 0.773. The molecule has 2 aromatic heterocycles. The molecule has 0 bridgehead atoms. The molecule has 0 saturated heterocycles. The molecule has 86 valence electrons. The Morgan fingerprint density at radius 3 is 2.53 bits per heavy atom. The molecular formula is C12H12N4S. The van der Waals surface area contributed by atoms with Crippen molar-refractivity contribution in [1.29, 1.82) is 5.26 Å². The average Bonchev–Trinajstić information content (AvgIpc) is 2.74. The van der Waals surface area contributed by atoms with E-state index in [9.17, 15) is 0 Å². The fraction of sp³-hybridized carbons (Fsp3) is 0.333. The first kappa shape index (κ1) is 11.7. The number of hydrogen-bond acceptors (Lipinski definition) is 5. The third-order valence-electron chi connectivity index (χ3n) is 2.22. The van der Waals surface area contributed by atoms with Crippen LogP contribution in [-0.2, 0) is 5.41 Å². The molecule has 0 aliphatic heterocycles. The zero-order valence-corrected chi connectivity index (χ0v) is 10.7. The zero-order valence-electron chi connectivity index (χ0n) is 9.93. The first-order valence-electron chi connectivity index (χ1n) is 5.20. The zero-order chi connectivity index (χ0) is 12.5. The number of thiazole rings is 1. The summed E-state index contributed by atoms with van der Waals surface area (Å²) in [6, 6.07) is 2.20. The Morgan fingerprint density at radius 1 is 1.29 bits per heavy atom. The van der Waals surface area contributed by atoms with E-state index in [4.69, 9.17) is 5.26 Å². The molecule has 0 aliphatic rings. The summed E-state index contributed by atoms with van der Waals surface area (Å²) in [5, 5.41) is 9.88. The van der Waals surface area contributed by atoms with E-state index in [0.717, 1.165) is 10.7 Å². The van der Waals surface area contributed by atoms with Gasteiger partial charge in [0.1, 0.15) is 21.6 Å². The van der Waals surface area contributed by atoms with Crippen molar-refractivity contribution in [3.8, 4) is 16.8 Å². The highest BCUT2D eigenvalue weighted by molar-refractivity contribution is 7.15. The van der Waals surface area contributed by atoms with Crippen LogP contribution in [-0.4, -0.2) is 15.0 Å². The van der Waals surface area contributed by atoms with Gasteiger partial charge in [0.15, 0.2) is 0 Å². The van der Waals surface area contributed by atoms with Crippen LogP contribution >= 0.6 is 11.3 Å². The molecule has 0 amide bonds. The van der Waals surface area contributed by atoms with Gasteiger partial charge in [-0.15, -0.1) is 11.3 Å². The standard InChI is InChI=1S/C12H12N4S/c1-12(2,3)10-9(6-13)17-11(16-10)8-7-14-4-5-15-8/h4-5,7H,1-3H3. The summed E-state index contributed by atoms with van der Waals surface area (Å²) in [5.41, 5.74) is 1.40. The van der Waals surface area contributed by atoms with Gasteiger partial charge in [-0.05, 0) is 0 Å². The maximum absolute atomic E-state index is 9.13. The van der Waals surface area contributed by atoms with Crippen LogP contribution < -0.4 is 0 Å². The van der Waals surface area contributed by atoms with Gasteiger partial charge in [-0.3, -0.25) is 9.97 Å². The molecule has 0 saturated carbocycles. The first-order chi connectivity index (χ1) is 8.02. The van der Waals surface area contributed by atoms with Crippen molar-refractivity contribution < 1.29 is 0 Å². The van der Waals surface area contributed by atoms with E-state index >= 15 is 0 Å². The van der Waals surface area contributed by atoms with Gasteiger partial charge in [-0.25, -0.2) is 4.98 Å². The molecule has 17 heavy (non-hydrogen) atoms. The Kier molecular flexibility index (Phi) is 2.90. The predicted molar refractivity (Wildman–Crippen MR) is 66.6 cm³/mol. The predicted octanol–water partition coefficient (Wildman–Crippen LogP) is 2.77. The van der Waals surface area contributed by atoms with Crippen molar-refractivity contribution in [3.63, 3.8) is 0 Å². The molecule has 4 nitrogen and oxygen atoms in total. The van der Waals surface area contributed by atoms with Crippen molar-refractivity contribution in [2.45, 2.75) is 26.2 Å². The number of rotatable bonds is 1. The minimum Gasteiger partial charge on any atom is -0.261 e. The van der Waals surface area contributed by atoms with Gasteiger partial charge in [0.25, 0.3) is 0 Å². The lowest BCUT2D eigenvalue weighted by Gasteiger charge is -2.15. The van der Waals surface area contributed by atoms with E-state index in [0.29, 0.717) is 10.6 Å². The van der Waals surface area contributed by atoms with Crippen LogP contribution in [0.4, 0.5) is 0 Å². The second kappa shape index (κ2) is 4.22. The summed E-state index contributed by atoms with van der Waals surface area (Å²) in [6.07, 6.45) is 4.90. The number of nitriles is 1. The molecular weight excluding hydrogens is 232 g/mol. The summed E-state index contributed by atoms with van der Waals surface area (Å²) < 4.78 is 0. The van der Waals surface area contributed by atoms with Gasteiger partial charge < -0.3 is 0 Å². The molecule has 0 aliphatic carbocycles. The highest BCUT2D eigenvalue weighted by Gasteiger charge is 2.24. The fourth-order valence-corrected chi connectivity index (χ4v) is 2.46. The van der Waals surface area contributed by atoms with Crippen LogP contribution in [0.1, 0.15) is 31.3 Å². The van der Waals surface area contributed by atoms with Gasteiger partial charge in [-0.1, -0.05) is 20.8 Å². The summed E-state index contributed by atoms with van der Waals surface area (Å²) in [7, 11) is 0. The van der Waals surface area contributed by atoms with E-state index in [1.807, 2.05) is 20.8 Å². The van der Waals surface area contributed by atoms with E-state index < -0.39 is 0 Å². The first-order valence-corrected chi connectivity index (χ1v) is 6.02. The lowest BCUT2D eigenvalue weighted by Crippen LogP contribution is -2.13. The van der Waals surface area contributed by atoms with Crippen LogP contribution in [0.3, 0.4) is 0 Å². The van der Waals surface area contributed by atoms with Crippen molar-refractivity contribution in [2.24, 2.45) is 0 Å². The van der Waals surface area contributed by atoms with E-state index in [1.54, 1.807) is 18.6 Å². The Hall–Kier alpha value is -1.80. The topological polar surface area (TPSA) is 62.5 Å². The van der Waals surface area contributed by atoms with Crippen molar-refractivity contribution in [2.75, 3.05) is 0 Å². The molecule has 0 unspecified atom stereocenters. The Morgan fingerprint density at radius 2 is 2.06 bits per heavy atom. The molecule has 5 heteroatoms. The summed E-state index contributed by atoms with van der Waals surface area (Å²) >= 11 is 1.36. The second-order valence-electron chi connectivity index (χ2n) is 4.65. The van der Waals surface area contributed by atoms with Crippen LogP contribution in [0.15, 0.2) is 18.6 Å². The number of aromatic nitrogens is 3. The molecule has 2 rings (SSSR count). The summed E-state index contributed by atoms with van der Waals surface area (Å²) in [5.74, 6) is 0. The maximum atomic E-state index is 9.13. The smallest absolute Gasteiger partial charge is 0.145 e. The molecule has 0 radical (unpaired) electrons. The molecule has 0 spiro atoms. The Labute approximate surface area is 104 Å².